The van der Waals surface area contributed by atoms with Crippen LogP contribution in [0.3, 0.4) is 0 Å². The van der Waals surface area contributed by atoms with Gasteiger partial charge in [0.25, 0.3) is 0 Å². The first-order chi connectivity index (χ1) is 31.3. The van der Waals surface area contributed by atoms with Gasteiger partial charge in [-0.1, -0.05) is 18.0 Å². The zero-order valence-electron chi connectivity index (χ0n) is 37.3. The molecule has 17 nitrogen and oxygen atoms in total. The molecule has 65 heavy (non-hydrogen) atoms. The molecule has 1 aliphatic carbocycles. The summed E-state index contributed by atoms with van der Waals surface area (Å²) in [5, 5.41) is 15.2. The molecule has 5 aromatic rings. The van der Waals surface area contributed by atoms with Crippen molar-refractivity contribution in [2.75, 3.05) is 61.8 Å². The summed E-state index contributed by atoms with van der Waals surface area (Å²) in [6, 6.07) is 1.69. The van der Waals surface area contributed by atoms with E-state index in [1.165, 1.54) is 18.5 Å². The second kappa shape index (κ2) is 18.4. The van der Waals surface area contributed by atoms with Crippen LogP contribution >= 0.6 is 0 Å². The van der Waals surface area contributed by atoms with E-state index in [1.54, 1.807) is 4.90 Å². The number of rotatable bonds is 14. The number of halogens is 2. The van der Waals surface area contributed by atoms with Gasteiger partial charge < -0.3 is 25.4 Å². The van der Waals surface area contributed by atoms with Crippen LogP contribution in [0.1, 0.15) is 115 Å². The number of piperazine rings is 1. The van der Waals surface area contributed by atoms with E-state index in [4.69, 9.17) is 25.3 Å². The van der Waals surface area contributed by atoms with Crippen molar-refractivity contribution in [2.24, 2.45) is 0 Å². The highest BCUT2D eigenvalue weighted by molar-refractivity contribution is 6.02. The van der Waals surface area contributed by atoms with Crippen LogP contribution in [0, 0.1) is 11.6 Å². The van der Waals surface area contributed by atoms with E-state index in [1.807, 2.05) is 22.0 Å². The predicted molar refractivity (Wildman–Crippen MR) is 240 cm³/mol. The van der Waals surface area contributed by atoms with Crippen molar-refractivity contribution < 1.29 is 27.7 Å². The zero-order chi connectivity index (χ0) is 45.4. The van der Waals surface area contributed by atoms with Gasteiger partial charge in [-0.2, -0.15) is 5.10 Å². The smallest absolute Gasteiger partial charge is 0.249 e. The summed E-state index contributed by atoms with van der Waals surface area (Å²) in [5.41, 5.74) is 9.59. The Hall–Kier alpha value is -6.11. The molecule has 1 saturated carbocycles. The molecule has 9 rings (SSSR count). The van der Waals surface area contributed by atoms with E-state index < -0.39 is 23.6 Å². The maximum atomic E-state index is 15.2. The van der Waals surface area contributed by atoms with Gasteiger partial charge in [-0.3, -0.25) is 24.6 Å². The predicted octanol–water partition coefficient (Wildman–Crippen LogP) is 6.13. The summed E-state index contributed by atoms with van der Waals surface area (Å²) < 4.78 is 38.1. The lowest BCUT2D eigenvalue weighted by molar-refractivity contribution is -0.134. The lowest BCUT2D eigenvalue weighted by atomic mass is 9.91. The number of piperidine rings is 2. The topological polar surface area (TPSA) is 206 Å². The molecule has 4 N–H and O–H groups in total. The molecule has 0 bridgehead atoms. The minimum Gasteiger partial charge on any atom is -0.383 e. The number of nitrogens with one attached hydrogen (secondary N) is 2. The number of carbonyl (C=O) groups is 3. The van der Waals surface area contributed by atoms with Crippen molar-refractivity contribution in [2.45, 2.75) is 115 Å². The van der Waals surface area contributed by atoms with Crippen LogP contribution in [0.5, 0.6) is 0 Å². The first-order valence-electron chi connectivity index (χ1n) is 23.0. The average molecular weight is 894 g/mol. The molecule has 4 aliphatic rings. The maximum Gasteiger partial charge on any atom is 0.249 e. The maximum absolute atomic E-state index is 15.2. The highest BCUT2D eigenvalue weighted by Gasteiger charge is 2.37. The molecule has 3 aliphatic heterocycles. The fourth-order valence-corrected chi connectivity index (χ4v) is 9.35. The Morgan fingerprint density at radius 3 is 2.26 bits per heavy atom. The third-order valence-corrected chi connectivity index (χ3v) is 13.1. The van der Waals surface area contributed by atoms with Crippen molar-refractivity contribution in [1.29, 1.82) is 0 Å². The molecule has 3 amide bonds. The molecule has 7 heterocycles. The van der Waals surface area contributed by atoms with Gasteiger partial charge in [0.2, 0.25) is 17.7 Å². The Balaban J connectivity index is 0.709. The molecule has 0 radical (unpaired) electrons. The third kappa shape index (κ3) is 9.51. The van der Waals surface area contributed by atoms with E-state index in [0.717, 1.165) is 74.8 Å². The number of benzene rings is 1. The monoisotopic (exact) mass is 893 g/mol. The lowest BCUT2D eigenvalue weighted by Gasteiger charge is -2.36. The number of hydrogen-bond donors (Lipinski definition) is 3. The van der Waals surface area contributed by atoms with Crippen molar-refractivity contribution in [3.05, 3.63) is 53.8 Å². The van der Waals surface area contributed by atoms with Gasteiger partial charge in [0.1, 0.15) is 35.3 Å². The van der Waals surface area contributed by atoms with Crippen LogP contribution in [0.2, 0.25) is 0 Å². The molecule has 1 unspecified atom stereocenters. The Morgan fingerprint density at radius 2 is 1.58 bits per heavy atom. The lowest BCUT2D eigenvalue weighted by Crippen LogP contribution is -2.47. The normalized spacial score (nSPS) is 19.0. The number of likely N-dealkylation sites (tertiary alicyclic amines) is 1. The number of carbonyl (C=O) groups excluding carboxylic acids is 3. The Labute approximate surface area is 375 Å². The van der Waals surface area contributed by atoms with Gasteiger partial charge in [0, 0.05) is 76.1 Å². The summed E-state index contributed by atoms with van der Waals surface area (Å²) >= 11 is 0. The standard InChI is InChI=1S/C46H57F2N13O4/c1-46(2,3)61-44-37(42(49)52-26-53-44)38(56-61)39-36(41(65-57-39)28-9-10-28)43-50-24-29(25-51-43)27-13-16-59(17-14-27)35(63)8-6-4-5-7-15-58-18-20-60(21-19-58)40-31(47)22-30(23-32(40)48)54-33-11-12-34(62)55-45(33)64/h22-28,33,54H,4-21H2,1-3H3,(H2,49,52,53)(H,55,62,64). The van der Waals surface area contributed by atoms with Crippen LogP contribution in [-0.4, -0.2) is 114 Å². The van der Waals surface area contributed by atoms with E-state index in [-0.39, 0.29) is 53.4 Å². The van der Waals surface area contributed by atoms with E-state index in [0.29, 0.717) is 79.8 Å². The Bertz CT molecular complexity index is 2530. The van der Waals surface area contributed by atoms with Crippen LogP contribution < -0.4 is 21.3 Å². The zero-order valence-corrected chi connectivity index (χ0v) is 37.3. The number of imide groups is 1. The molecule has 19 heteroatoms. The molecule has 3 saturated heterocycles. The summed E-state index contributed by atoms with van der Waals surface area (Å²) in [7, 11) is 0. The minimum atomic E-state index is -0.722. The second-order valence-electron chi connectivity index (χ2n) is 18.9. The molecule has 1 aromatic carbocycles. The first-order valence-corrected chi connectivity index (χ1v) is 23.0. The number of nitrogens with zero attached hydrogens (tertiary/aromatic N) is 10. The van der Waals surface area contributed by atoms with E-state index >= 15 is 8.78 Å². The number of amides is 3. The SMILES string of the molecule is CC(C)(C)n1nc(-c2noc(C3CC3)c2-c2ncc(C3CCN(C(=O)CCCCCCN4CCN(c5c(F)cc(NC6CCC(=O)NC6=O)cc5F)CC4)CC3)cn2)c2c(N)ncnc21. The van der Waals surface area contributed by atoms with Crippen LogP contribution in [0.15, 0.2) is 35.4 Å². The van der Waals surface area contributed by atoms with Crippen molar-refractivity contribution in [3.63, 3.8) is 0 Å². The second-order valence-corrected chi connectivity index (χ2v) is 18.9. The molecule has 0 spiro atoms. The molecular formula is C46H57F2N13O4. The molecule has 344 valence electrons. The van der Waals surface area contributed by atoms with Crippen molar-refractivity contribution in [3.8, 4) is 22.8 Å². The summed E-state index contributed by atoms with van der Waals surface area (Å²) in [6.45, 7) is 10.8. The molecule has 4 fully saturated rings. The first kappa shape index (κ1) is 44.1. The van der Waals surface area contributed by atoms with Gasteiger partial charge in [-0.15, -0.1) is 0 Å². The quantitative estimate of drug-likeness (QED) is 0.0848. The largest absolute Gasteiger partial charge is 0.383 e. The van der Waals surface area contributed by atoms with Gasteiger partial charge in [0.15, 0.2) is 28.9 Å². The fourth-order valence-electron chi connectivity index (χ4n) is 9.35. The number of unbranched alkanes of at least 4 members (excludes halogenated alkanes) is 3. The number of anilines is 3. The van der Waals surface area contributed by atoms with E-state index in [2.05, 4.69) is 51.4 Å². The van der Waals surface area contributed by atoms with Crippen LogP contribution in [0.4, 0.5) is 26.0 Å². The third-order valence-electron chi connectivity index (χ3n) is 13.1. The highest BCUT2D eigenvalue weighted by Crippen LogP contribution is 2.48. The van der Waals surface area contributed by atoms with Crippen LogP contribution in [0.25, 0.3) is 33.8 Å². The highest BCUT2D eigenvalue weighted by atomic mass is 19.1. The van der Waals surface area contributed by atoms with Crippen molar-refractivity contribution in [1.82, 2.24) is 50.0 Å². The number of hydrogen-bond acceptors (Lipinski definition) is 14. The number of nitrogens with two attached hydrogens (primary N) is 1. The molecular weight excluding hydrogens is 837 g/mol. The summed E-state index contributed by atoms with van der Waals surface area (Å²) in [4.78, 5) is 61.2. The number of nitrogen functional groups attached to an aromatic ring is 1. The number of aromatic nitrogens is 7. The minimum absolute atomic E-state index is 0.0604. The Morgan fingerprint density at radius 1 is 0.877 bits per heavy atom. The van der Waals surface area contributed by atoms with Gasteiger partial charge in [0.05, 0.1) is 16.5 Å². The van der Waals surface area contributed by atoms with Gasteiger partial charge in [-0.25, -0.2) is 33.4 Å². The molecule has 4 aromatic heterocycles. The number of fused-ring (bicyclic) bond motifs is 1. The van der Waals surface area contributed by atoms with Crippen LogP contribution in [-0.2, 0) is 19.9 Å². The average Bonchev–Trinajstić information content (AvgIpc) is 3.90. The fraction of sp³-hybridized carbons (Fsp3) is 0.543. The van der Waals surface area contributed by atoms with Gasteiger partial charge in [-0.05, 0) is 95.9 Å². The summed E-state index contributed by atoms with van der Waals surface area (Å²) in [6.07, 6.45) is 13.7. The summed E-state index contributed by atoms with van der Waals surface area (Å²) in [5.74, 6) is 0.0538. The Kier molecular flexibility index (Phi) is 12.5. The van der Waals surface area contributed by atoms with Crippen molar-refractivity contribution >= 4 is 45.9 Å². The molecule has 1 atom stereocenters. The van der Waals surface area contributed by atoms with E-state index in [9.17, 15) is 14.4 Å². The van der Waals surface area contributed by atoms with Gasteiger partial charge >= 0.3 is 0 Å².